The number of fused-ring (bicyclic) bond motifs is 1. The van der Waals surface area contributed by atoms with Crippen molar-refractivity contribution in [2.75, 3.05) is 26.2 Å². The van der Waals surface area contributed by atoms with Gasteiger partial charge in [0.15, 0.2) is 5.78 Å². The zero-order valence-electron chi connectivity index (χ0n) is 14.1. The molecule has 25 heavy (non-hydrogen) atoms. The molecule has 140 valence electrons. The van der Waals surface area contributed by atoms with Crippen LogP contribution >= 0.6 is 12.4 Å². The van der Waals surface area contributed by atoms with Gasteiger partial charge in [-0.3, -0.25) is 9.69 Å². The standard InChI is InChI=1S/C17H24FN3O3.ClH/c18-13-7-11-14(8-15(13)20-5-3-19-4-6-20)21(10-1-2-10)9-12(16(11)22)17(23)24;/h9-11,13-15,19H,1-8H2,(H,23,24);1H. The summed E-state index contributed by atoms with van der Waals surface area (Å²) in [6, 6.07) is 0.0990. The Morgan fingerprint density at radius 2 is 1.88 bits per heavy atom. The van der Waals surface area contributed by atoms with Gasteiger partial charge in [-0.1, -0.05) is 0 Å². The highest BCUT2D eigenvalue weighted by Gasteiger charge is 2.51. The topological polar surface area (TPSA) is 72.9 Å². The van der Waals surface area contributed by atoms with E-state index >= 15 is 0 Å². The second-order valence-corrected chi connectivity index (χ2v) is 7.41. The largest absolute Gasteiger partial charge is 0.478 e. The van der Waals surface area contributed by atoms with Crippen LogP contribution in [0, 0.1) is 5.92 Å². The maximum atomic E-state index is 14.8. The summed E-state index contributed by atoms with van der Waals surface area (Å²) < 4.78 is 14.8. The summed E-state index contributed by atoms with van der Waals surface area (Å²) >= 11 is 0. The van der Waals surface area contributed by atoms with E-state index in [0.29, 0.717) is 12.5 Å². The summed E-state index contributed by atoms with van der Waals surface area (Å²) in [5.41, 5.74) is -0.170. The molecule has 2 saturated carbocycles. The predicted molar refractivity (Wildman–Crippen MR) is 92.5 cm³/mol. The first-order valence-corrected chi connectivity index (χ1v) is 8.92. The Balaban J connectivity index is 0.00000182. The number of Topliss-reactive ketones (excluding diaryl/α,β-unsaturated/α-hetero) is 1. The number of nitrogens with one attached hydrogen (secondary N) is 1. The minimum absolute atomic E-state index is 0. The van der Waals surface area contributed by atoms with E-state index in [-0.39, 0.29) is 42.3 Å². The lowest BCUT2D eigenvalue weighted by Crippen LogP contribution is -2.60. The number of aliphatic carboxylic acids is 1. The van der Waals surface area contributed by atoms with Crippen LogP contribution in [0.4, 0.5) is 4.39 Å². The van der Waals surface area contributed by atoms with Gasteiger partial charge >= 0.3 is 5.97 Å². The molecule has 0 amide bonds. The summed E-state index contributed by atoms with van der Waals surface area (Å²) in [5, 5.41) is 12.6. The summed E-state index contributed by atoms with van der Waals surface area (Å²) in [6.45, 7) is 3.39. The van der Waals surface area contributed by atoms with Crippen molar-refractivity contribution < 1.29 is 19.1 Å². The van der Waals surface area contributed by atoms with Crippen LogP contribution in [0.25, 0.3) is 0 Å². The van der Waals surface area contributed by atoms with Crippen molar-refractivity contribution in [3.63, 3.8) is 0 Å². The minimum atomic E-state index is -1.19. The molecule has 3 fully saturated rings. The van der Waals surface area contributed by atoms with Crippen LogP contribution in [-0.4, -0.2) is 77.1 Å². The van der Waals surface area contributed by atoms with Gasteiger partial charge in [-0.15, -0.1) is 12.4 Å². The van der Waals surface area contributed by atoms with E-state index in [1.165, 1.54) is 6.20 Å². The van der Waals surface area contributed by atoms with E-state index in [4.69, 9.17) is 0 Å². The van der Waals surface area contributed by atoms with Crippen molar-refractivity contribution in [1.29, 1.82) is 0 Å². The molecule has 6 nitrogen and oxygen atoms in total. The van der Waals surface area contributed by atoms with Gasteiger partial charge in [0.1, 0.15) is 11.7 Å². The molecule has 0 aromatic heterocycles. The number of alkyl halides is 1. The molecule has 0 aromatic rings. The number of rotatable bonds is 3. The van der Waals surface area contributed by atoms with Crippen LogP contribution in [0.5, 0.6) is 0 Å². The normalized spacial score (nSPS) is 36.3. The quantitative estimate of drug-likeness (QED) is 0.713. The highest BCUT2D eigenvalue weighted by Crippen LogP contribution is 2.42. The Hall–Kier alpha value is -1.18. The smallest absolute Gasteiger partial charge is 0.340 e. The molecule has 1 saturated heterocycles. The Kier molecular flexibility index (Phi) is 5.37. The van der Waals surface area contributed by atoms with E-state index in [0.717, 1.165) is 39.0 Å². The first-order chi connectivity index (χ1) is 11.6. The third kappa shape index (κ3) is 3.41. The number of piperazine rings is 1. The highest BCUT2D eigenvalue weighted by molar-refractivity contribution is 6.18. The summed E-state index contributed by atoms with van der Waals surface area (Å²) in [5.74, 6) is -2.09. The van der Waals surface area contributed by atoms with E-state index in [1.807, 2.05) is 0 Å². The Morgan fingerprint density at radius 3 is 2.48 bits per heavy atom. The molecule has 2 N–H and O–H groups in total. The number of carbonyl (C=O) groups excluding carboxylic acids is 1. The lowest BCUT2D eigenvalue weighted by atomic mass is 9.73. The van der Waals surface area contributed by atoms with Crippen molar-refractivity contribution in [2.24, 2.45) is 5.92 Å². The second kappa shape index (κ2) is 7.21. The number of ketones is 1. The monoisotopic (exact) mass is 373 g/mol. The Morgan fingerprint density at radius 1 is 1.20 bits per heavy atom. The van der Waals surface area contributed by atoms with Crippen molar-refractivity contribution in [3.05, 3.63) is 11.8 Å². The molecule has 0 radical (unpaired) electrons. The first-order valence-electron chi connectivity index (χ1n) is 8.92. The number of hydrogen-bond donors (Lipinski definition) is 2. The number of hydrogen-bond acceptors (Lipinski definition) is 5. The third-order valence-electron chi connectivity index (χ3n) is 5.93. The average Bonchev–Trinajstić information content (AvgIpc) is 3.40. The molecule has 0 aromatic carbocycles. The van der Waals surface area contributed by atoms with Gasteiger partial charge in [-0.2, -0.15) is 0 Å². The molecule has 2 aliphatic carbocycles. The number of carbonyl (C=O) groups is 2. The minimum Gasteiger partial charge on any atom is -0.478 e. The number of halogens is 2. The zero-order chi connectivity index (χ0) is 16.8. The molecular formula is C17H25ClFN3O3. The molecule has 4 aliphatic rings. The van der Waals surface area contributed by atoms with Crippen molar-refractivity contribution in [3.8, 4) is 0 Å². The van der Waals surface area contributed by atoms with Crippen LogP contribution in [0.3, 0.4) is 0 Å². The first kappa shape index (κ1) is 18.6. The number of nitrogens with zero attached hydrogens (tertiary/aromatic N) is 2. The molecular weight excluding hydrogens is 349 g/mol. The van der Waals surface area contributed by atoms with Crippen LogP contribution in [0.15, 0.2) is 11.8 Å². The zero-order valence-corrected chi connectivity index (χ0v) is 14.9. The molecule has 2 heterocycles. The van der Waals surface area contributed by atoms with Gasteiger partial charge in [0, 0.05) is 56.4 Å². The molecule has 4 atom stereocenters. The fourth-order valence-corrected chi connectivity index (χ4v) is 4.54. The average molecular weight is 374 g/mol. The highest BCUT2D eigenvalue weighted by atomic mass is 35.5. The summed E-state index contributed by atoms with van der Waals surface area (Å²) in [4.78, 5) is 28.2. The second-order valence-electron chi connectivity index (χ2n) is 7.41. The van der Waals surface area contributed by atoms with E-state index in [2.05, 4.69) is 15.1 Å². The van der Waals surface area contributed by atoms with Gasteiger partial charge in [-0.05, 0) is 25.7 Å². The lowest BCUT2D eigenvalue weighted by molar-refractivity contribution is -0.138. The molecule has 8 heteroatoms. The molecule has 2 aliphatic heterocycles. The van der Waals surface area contributed by atoms with Crippen molar-refractivity contribution in [2.45, 2.75) is 50.0 Å². The van der Waals surface area contributed by atoms with Gasteiger partial charge in [0.05, 0.1) is 0 Å². The number of carboxylic acid groups (broad SMARTS) is 1. The van der Waals surface area contributed by atoms with Gasteiger partial charge in [-0.25, -0.2) is 9.18 Å². The Bertz CT molecular complexity index is 577. The van der Waals surface area contributed by atoms with Gasteiger partial charge in [0.2, 0.25) is 0 Å². The van der Waals surface area contributed by atoms with Crippen LogP contribution in [0.1, 0.15) is 25.7 Å². The van der Waals surface area contributed by atoms with Gasteiger partial charge in [0.25, 0.3) is 0 Å². The molecule has 4 unspecified atom stereocenters. The van der Waals surface area contributed by atoms with Crippen LogP contribution < -0.4 is 5.32 Å². The maximum Gasteiger partial charge on any atom is 0.340 e. The summed E-state index contributed by atoms with van der Waals surface area (Å²) in [7, 11) is 0. The molecule has 4 rings (SSSR count). The SMILES string of the molecule is Cl.O=C(O)C1=CN(C2CC2)C2CC(N3CCNCC3)C(F)CC2C1=O. The van der Waals surface area contributed by atoms with E-state index in [1.54, 1.807) is 0 Å². The molecule has 0 spiro atoms. The third-order valence-corrected chi connectivity index (χ3v) is 5.93. The summed E-state index contributed by atoms with van der Waals surface area (Å²) in [6.07, 6.45) is 3.28. The predicted octanol–water partition coefficient (Wildman–Crippen LogP) is 0.814. The van der Waals surface area contributed by atoms with Crippen molar-refractivity contribution in [1.82, 2.24) is 15.1 Å². The van der Waals surface area contributed by atoms with Gasteiger partial charge < -0.3 is 15.3 Å². The lowest BCUT2D eigenvalue weighted by Gasteiger charge is -2.49. The maximum absolute atomic E-state index is 14.8. The van der Waals surface area contributed by atoms with E-state index in [9.17, 15) is 19.1 Å². The van der Waals surface area contributed by atoms with Crippen LogP contribution in [0.2, 0.25) is 0 Å². The Labute approximate surface area is 152 Å². The number of carboxylic acids is 1. The fraction of sp³-hybridized carbons (Fsp3) is 0.765. The van der Waals surface area contributed by atoms with Crippen molar-refractivity contribution >= 4 is 24.2 Å². The van der Waals surface area contributed by atoms with E-state index < -0.39 is 18.1 Å². The molecule has 0 bridgehead atoms. The van der Waals surface area contributed by atoms with Crippen LogP contribution in [-0.2, 0) is 9.59 Å². The fourth-order valence-electron chi connectivity index (χ4n) is 4.54.